The molecule has 4 heteroatoms. The summed E-state index contributed by atoms with van der Waals surface area (Å²) in [6.07, 6.45) is 4.65. The van der Waals surface area contributed by atoms with Crippen LogP contribution in [0, 0.1) is 6.92 Å². The Bertz CT molecular complexity index is 487. The first-order valence-corrected chi connectivity index (χ1v) is 6.41. The van der Waals surface area contributed by atoms with Crippen LogP contribution in [-0.2, 0) is 7.05 Å². The van der Waals surface area contributed by atoms with Crippen molar-refractivity contribution in [2.45, 2.75) is 39.3 Å². The van der Waals surface area contributed by atoms with E-state index in [-0.39, 0.29) is 12.1 Å². The van der Waals surface area contributed by atoms with Crippen LogP contribution in [0.25, 0.3) is 0 Å². The summed E-state index contributed by atoms with van der Waals surface area (Å²) in [4.78, 5) is 0. The molecule has 0 spiro atoms. The third-order valence-electron chi connectivity index (χ3n) is 3.49. The highest BCUT2D eigenvalue weighted by Gasteiger charge is 2.18. The third-order valence-corrected chi connectivity index (χ3v) is 3.49. The number of hydrogen-bond donors (Lipinski definition) is 1. The van der Waals surface area contributed by atoms with Crippen LogP contribution >= 0.6 is 0 Å². The fourth-order valence-corrected chi connectivity index (χ4v) is 2.22. The normalized spacial score (nSPS) is 14.7. The van der Waals surface area contributed by atoms with Gasteiger partial charge in [-0.3, -0.25) is 4.68 Å². The molecule has 0 aliphatic heterocycles. The highest BCUT2D eigenvalue weighted by molar-refractivity contribution is 5.20. The Balaban J connectivity index is 2.11. The minimum Gasteiger partial charge on any atom is -0.468 e. The number of rotatable bonds is 5. The van der Waals surface area contributed by atoms with E-state index in [9.17, 15) is 0 Å². The lowest BCUT2D eigenvalue weighted by Gasteiger charge is -2.20. The highest BCUT2D eigenvalue weighted by Crippen LogP contribution is 2.23. The van der Waals surface area contributed by atoms with Crippen LogP contribution in [0.5, 0.6) is 0 Å². The van der Waals surface area contributed by atoms with Gasteiger partial charge in [-0.25, -0.2) is 0 Å². The standard InChI is InChI=1S/C14H21N3O/c1-5-13(14-7-6-8-18-14)16-10(2)12-9-15-17(4)11(12)3/h6-10,13,16H,5H2,1-4H3. The summed E-state index contributed by atoms with van der Waals surface area (Å²) >= 11 is 0. The minimum atomic E-state index is 0.245. The predicted octanol–water partition coefficient (Wildman–Crippen LogP) is 3.12. The minimum absolute atomic E-state index is 0.245. The van der Waals surface area contributed by atoms with Gasteiger partial charge in [-0.1, -0.05) is 6.92 Å². The molecule has 2 rings (SSSR count). The zero-order valence-electron chi connectivity index (χ0n) is 11.5. The molecule has 0 aromatic carbocycles. The van der Waals surface area contributed by atoms with Crippen molar-refractivity contribution in [3.05, 3.63) is 41.6 Å². The number of nitrogens with zero attached hydrogens (tertiary/aromatic N) is 2. The van der Waals surface area contributed by atoms with Gasteiger partial charge in [0, 0.05) is 24.3 Å². The molecule has 18 heavy (non-hydrogen) atoms. The molecular formula is C14H21N3O. The van der Waals surface area contributed by atoms with Crippen molar-refractivity contribution in [2.24, 2.45) is 7.05 Å². The Kier molecular flexibility index (Phi) is 3.87. The number of furan rings is 1. The molecule has 0 saturated heterocycles. The van der Waals surface area contributed by atoms with Gasteiger partial charge < -0.3 is 9.73 Å². The van der Waals surface area contributed by atoms with E-state index >= 15 is 0 Å². The van der Waals surface area contributed by atoms with E-state index in [1.54, 1.807) is 6.26 Å². The molecule has 0 amide bonds. The van der Waals surface area contributed by atoms with Crippen molar-refractivity contribution in [1.82, 2.24) is 15.1 Å². The van der Waals surface area contributed by atoms with Crippen LogP contribution in [0.15, 0.2) is 29.0 Å². The summed E-state index contributed by atoms with van der Waals surface area (Å²) in [7, 11) is 1.97. The van der Waals surface area contributed by atoms with Crippen LogP contribution in [0.2, 0.25) is 0 Å². The van der Waals surface area contributed by atoms with Gasteiger partial charge in [0.05, 0.1) is 18.5 Å². The van der Waals surface area contributed by atoms with Crippen LogP contribution in [0.1, 0.15) is 49.4 Å². The molecular weight excluding hydrogens is 226 g/mol. The first-order valence-electron chi connectivity index (χ1n) is 6.41. The van der Waals surface area contributed by atoms with Crippen LogP contribution in [0.4, 0.5) is 0 Å². The molecule has 0 saturated carbocycles. The summed E-state index contributed by atoms with van der Waals surface area (Å²) in [5, 5.41) is 7.88. The van der Waals surface area contributed by atoms with Gasteiger partial charge in [0.2, 0.25) is 0 Å². The maximum atomic E-state index is 5.48. The molecule has 2 unspecified atom stereocenters. The Hall–Kier alpha value is -1.55. The van der Waals surface area contributed by atoms with Crippen LogP contribution < -0.4 is 5.32 Å². The average Bonchev–Trinajstić information content (AvgIpc) is 2.98. The zero-order chi connectivity index (χ0) is 13.1. The molecule has 2 atom stereocenters. The fraction of sp³-hybridized carbons (Fsp3) is 0.500. The van der Waals surface area contributed by atoms with E-state index in [1.165, 1.54) is 11.3 Å². The van der Waals surface area contributed by atoms with Crippen molar-refractivity contribution < 1.29 is 4.42 Å². The molecule has 0 bridgehead atoms. The summed E-state index contributed by atoms with van der Waals surface area (Å²) in [6.45, 7) is 6.41. The van der Waals surface area contributed by atoms with E-state index in [1.807, 2.05) is 30.1 Å². The number of aromatic nitrogens is 2. The van der Waals surface area contributed by atoms with Crippen LogP contribution in [-0.4, -0.2) is 9.78 Å². The quantitative estimate of drug-likeness (QED) is 0.882. The third kappa shape index (κ3) is 2.48. The van der Waals surface area contributed by atoms with E-state index in [4.69, 9.17) is 4.42 Å². The van der Waals surface area contributed by atoms with E-state index in [0.717, 1.165) is 12.2 Å². The van der Waals surface area contributed by atoms with Gasteiger partial charge in [-0.15, -0.1) is 0 Å². The Morgan fingerprint density at radius 1 is 1.50 bits per heavy atom. The van der Waals surface area contributed by atoms with Crippen molar-refractivity contribution in [3.8, 4) is 0 Å². The summed E-state index contributed by atoms with van der Waals surface area (Å²) < 4.78 is 7.38. The number of nitrogens with one attached hydrogen (secondary N) is 1. The van der Waals surface area contributed by atoms with Gasteiger partial charge in [0.15, 0.2) is 0 Å². The SMILES string of the molecule is CCC(NC(C)c1cnn(C)c1C)c1ccco1. The molecule has 4 nitrogen and oxygen atoms in total. The topological polar surface area (TPSA) is 43.0 Å². The first-order chi connectivity index (χ1) is 8.63. The largest absolute Gasteiger partial charge is 0.468 e. The monoisotopic (exact) mass is 247 g/mol. The lowest BCUT2D eigenvalue weighted by Crippen LogP contribution is -2.24. The lowest BCUT2D eigenvalue weighted by atomic mass is 10.1. The van der Waals surface area contributed by atoms with Crippen molar-refractivity contribution >= 4 is 0 Å². The van der Waals surface area contributed by atoms with Gasteiger partial charge in [0.1, 0.15) is 5.76 Å². The Labute approximate surface area is 108 Å². The van der Waals surface area contributed by atoms with Crippen molar-refractivity contribution in [1.29, 1.82) is 0 Å². The van der Waals surface area contributed by atoms with Crippen molar-refractivity contribution in [2.75, 3.05) is 0 Å². The first kappa shape index (κ1) is 12.9. The second-order valence-electron chi connectivity index (χ2n) is 4.67. The van der Waals surface area contributed by atoms with E-state index in [0.29, 0.717) is 0 Å². The number of aryl methyl sites for hydroxylation is 1. The average molecular weight is 247 g/mol. The molecule has 0 aliphatic rings. The van der Waals surface area contributed by atoms with Gasteiger partial charge in [-0.2, -0.15) is 5.10 Å². The van der Waals surface area contributed by atoms with Gasteiger partial charge >= 0.3 is 0 Å². The maximum absolute atomic E-state index is 5.48. The smallest absolute Gasteiger partial charge is 0.120 e. The Morgan fingerprint density at radius 2 is 2.28 bits per heavy atom. The predicted molar refractivity (Wildman–Crippen MR) is 71.2 cm³/mol. The lowest BCUT2D eigenvalue weighted by molar-refractivity contribution is 0.376. The maximum Gasteiger partial charge on any atom is 0.120 e. The van der Waals surface area contributed by atoms with E-state index < -0.39 is 0 Å². The van der Waals surface area contributed by atoms with Gasteiger partial charge in [-0.05, 0) is 32.4 Å². The Morgan fingerprint density at radius 3 is 2.78 bits per heavy atom. The van der Waals surface area contributed by atoms with E-state index in [2.05, 4.69) is 31.2 Å². The zero-order valence-corrected chi connectivity index (χ0v) is 11.5. The molecule has 2 heterocycles. The second-order valence-corrected chi connectivity index (χ2v) is 4.67. The molecule has 98 valence electrons. The van der Waals surface area contributed by atoms with Crippen molar-refractivity contribution in [3.63, 3.8) is 0 Å². The summed E-state index contributed by atoms with van der Waals surface area (Å²) in [5.41, 5.74) is 2.44. The molecule has 0 aliphatic carbocycles. The second kappa shape index (κ2) is 5.40. The fourth-order valence-electron chi connectivity index (χ4n) is 2.22. The number of hydrogen-bond acceptors (Lipinski definition) is 3. The molecule has 0 fully saturated rings. The molecule has 0 radical (unpaired) electrons. The van der Waals surface area contributed by atoms with Gasteiger partial charge in [0.25, 0.3) is 0 Å². The summed E-state index contributed by atoms with van der Waals surface area (Å²) in [6, 6.07) is 4.45. The summed E-state index contributed by atoms with van der Waals surface area (Å²) in [5.74, 6) is 0.992. The molecule has 2 aromatic heterocycles. The van der Waals surface area contributed by atoms with Crippen LogP contribution in [0.3, 0.4) is 0 Å². The highest BCUT2D eigenvalue weighted by atomic mass is 16.3. The molecule has 1 N–H and O–H groups in total. The molecule has 2 aromatic rings.